The quantitative estimate of drug-likeness (QED) is 0.0565. The molecule has 20 atom stereocenters. The van der Waals surface area contributed by atoms with Gasteiger partial charge in [-0.05, 0) is 71.9 Å². The van der Waals surface area contributed by atoms with Gasteiger partial charge >= 0.3 is 0 Å². The number of thioether (sulfide) groups is 2. The van der Waals surface area contributed by atoms with Crippen LogP contribution in [0.4, 0.5) is 0 Å². The highest BCUT2D eigenvalue weighted by Crippen LogP contribution is 2.39. The van der Waals surface area contributed by atoms with Crippen LogP contribution in [0.5, 0.6) is 11.5 Å². The Morgan fingerprint density at radius 3 is 1.19 bits per heavy atom. The number of nitrogens with zero attached hydrogens (tertiary/aromatic N) is 2. The third-order valence-electron chi connectivity index (χ3n) is 25.1. The van der Waals surface area contributed by atoms with Crippen molar-refractivity contribution in [3.63, 3.8) is 0 Å². The molecule has 0 aliphatic carbocycles. The minimum absolute atomic E-state index is 0.0626. The topological polar surface area (TPSA) is 617 Å². The Labute approximate surface area is 747 Å². The van der Waals surface area contributed by atoms with Crippen LogP contribution in [-0.2, 0) is 99.1 Å². The van der Waals surface area contributed by atoms with Gasteiger partial charge in [0.15, 0.2) is 23.1 Å². The number of primary amides is 2. The number of carbonyl (C=O) groups excluding carboxylic acids is 18. The molecular formula is C86H120N16O24S2. The summed E-state index contributed by atoms with van der Waals surface area (Å²) in [5.41, 5.74) is 13.4. The van der Waals surface area contributed by atoms with Gasteiger partial charge in [0.2, 0.25) is 82.7 Å². The van der Waals surface area contributed by atoms with Crippen LogP contribution >= 0.6 is 23.5 Å². The summed E-state index contributed by atoms with van der Waals surface area (Å²) in [4.78, 5) is 259. The van der Waals surface area contributed by atoms with Crippen molar-refractivity contribution < 1.29 is 116 Å². The van der Waals surface area contributed by atoms with E-state index in [4.69, 9.17) is 20.9 Å². The van der Waals surface area contributed by atoms with Crippen molar-refractivity contribution in [1.82, 2.24) is 72.9 Å². The molecule has 0 radical (unpaired) electrons. The van der Waals surface area contributed by atoms with Crippen LogP contribution in [0.25, 0.3) is 21.8 Å². The molecule has 0 spiro atoms. The molecule has 2 aromatic carbocycles. The van der Waals surface area contributed by atoms with Gasteiger partial charge in [0.05, 0.1) is 122 Å². The number of aliphatic hydroxyl groups excluding tert-OH is 4. The van der Waals surface area contributed by atoms with Gasteiger partial charge in [-0.3, -0.25) is 86.3 Å². The number of hydrogen-bond donors (Lipinski definition) is 18. The number of hydrogen-bond acceptors (Lipinski definition) is 26. The maximum atomic E-state index is 14.8. The minimum atomic E-state index is -1.57. The highest BCUT2D eigenvalue weighted by atomic mass is 32.2. The van der Waals surface area contributed by atoms with E-state index in [2.05, 4.69) is 63.1 Å². The first-order chi connectivity index (χ1) is 60.7. The summed E-state index contributed by atoms with van der Waals surface area (Å²) in [6.45, 7) is 10.2. The fourth-order valence-corrected chi connectivity index (χ4v) is 19.1. The van der Waals surface area contributed by atoms with E-state index >= 15 is 0 Å². The number of H-pyrrole nitrogens is 2. The highest BCUT2D eigenvalue weighted by molar-refractivity contribution is 7.99. The summed E-state index contributed by atoms with van der Waals surface area (Å²) >= 11 is 2.19. The number of Topliss-reactive ketones (excluding diaryl/α,β-unsaturated/α-hetero) is 4. The van der Waals surface area contributed by atoms with Gasteiger partial charge in [0.25, 0.3) is 0 Å². The van der Waals surface area contributed by atoms with Crippen LogP contribution in [0, 0.1) is 53.3 Å². The highest BCUT2D eigenvalue weighted by Gasteiger charge is 2.48. The maximum Gasteiger partial charge on any atom is 0.243 e. The first kappa shape index (κ1) is 101. The number of nitrogens with one attached hydrogen (secondary N) is 12. The van der Waals surface area contributed by atoms with E-state index in [1.165, 1.54) is 21.1 Å². The number of methoxy groups -OCH3 is 2. The number of ketones is 4. The van der Waals surface area contributed by atoms with Crippen LogP contribution < -0.4 is 74.1 Å². The number of aromatic amines is 2. The molecule has 42 heteroatoms. The van der Waals surface area contributed by atoms with E-state index in [9.17, 15) is 107 Å². The lowest BCUT2D eigenvalue weighted by molar-refractivity contribution is -0.145. The molecule has 8 heterocycles. The largest absolute Gasteiger partial charge is 0.497 e. The van der Waals surface area contributed by atoms with E-state index in [1.807, 2.05) is 20.8 Å². The van der Waals surface area contributed by atoms with Crippen molar-refractivity contribution in [3.8, 4) is 11.5 Å². The predicted octanol–water partition coefficient (Wildman–Crippen LogP) is -2.21. The van der Waals surface area contributed by atoms with Gasteiger partial charge in [-0.1, -0.05) is 74.7 Å². The number of benzene rings is 2. The van der Waals surface area contributed by atoms with E-state index in [1.54, 1.807) is 64.1 Å². The normalized spacial score (nSPS) is 27.5. The minimum Gasteiger partial charge on any atom is -0.497 e. The molecule has 700 valence electrons. The maximum absolute atomic E-state index is 14.8. The zero-order chi connectivity index (χ0) is 94.0. The summed E-state index contributed by atoms with van der Waals surface area (Å²) in [7, 11) is 2.97. The molecule has 128 heavy (non-hydrogen) atoms. The van der Waals surface area contributed by atoms with E-state index in [0.29, 0.717) is 73.7 Å². The number of amides is 14. The van der Waals surface area contributed by atoms with Crippen molar-refractivity contribution in [2.75, 3.05) is 71.6 Å². The Morgan fingerprint density at radius 2 is 0.836 bits per heavy atom. The number of aliphatic hydroxyl groups is 4. The van der Waals surface area contributed by atoms with Crippen LogP contribution in [0.2, 0.25) is 0 Å². The molecule has 40 nitrogen and oxygen atoms in total. The number of fused-ring (bicyclic) bond motifs is 10. The smallest absolute Gasteiger partial charge is 0.243 e. The molecule has 20 N–H and O–H groups in total. The molecule has 2 fully saturated rings. The van der Waals surface area contributed by atoms with Crippen LogP contribution in [0.1, 0.15) is 137 Å². The Hall–Kier alpha value is -11.1. The zero-order valence-electron chi connectivity index (χ0n) is 73.4. The average Bonchev–Trinajstić information content (AvgIpc) is 1.64. The second kappa shape index (κ2) is 45.8. The molecule has 2 saturated heterocycles. The zero-order valence-corrected chi connectivity index (χ0v) is 75.0. The molecular weight excluding hydrogens is 1710 g/mol. The summed E-state index contributed by atoms with van der Waals surface area (Å²) in [6.07, 6.45) is -6.71. The molecule has 10 rings (SSSR count). The third-order valence-corrected chi connectivity index (χ3v) is 27.4. The van der Waals surface area contributed by atoms with Gasteiger partial charge in [-0.2, -0.15) is 0 Å². The van der Waals surface area contributed by atoms with Crippen molar-refractivity contribution >= 4 is 151 Å². The summed E-state index contributed by atoms with van der Waals surface area (Å²) in [5.74, 6) is -21.0. The van der Waals surface area contributed by atoms with Crippen molar-refractivity contribution in [2.24, 2.45) is 64.7 Å². The fourth-order valence-electron chi connectivity index (χ4n) is 16.8. The molecule has 4 bridgehead atoms. The summed E-state index contributed by atoms with van der Waals surface area (Å²) < 4.78 is 10.9. The van der Waals surface area contributed by atoms with Crippen LogP contribution in [0.3, 0.4) is 0 Å². The van der Waals surface area contributed by atoms with E-state index in [-0.39, 0.29) is 49.7 Å². The first-order valence-corrected chi connectivity index (χ1v) is 45.1. The number of nitrogens with two attached hydrogens (primary N) is 2. The lowest BCUT2D eigenvalue weighted by Gasteiger charge is -2.33. The van der Waals surface area contributed by atoms with Gasteiger partial charge in [-0.15, -0.1) is 23.5 Å². The van der Waals surface area contributed by atoms with E-state index < -0.39 is 298 Å². The number of carbonyl (C=O) groups is 18. The molecule has 2 unspecified atom stereocenters. The van der Waals surface area contributed by atoms with Crippen LogP contribution in [-0.4, -0.2) is 284 Å². The second-order valence-electron chi connectivity index (χ2n) is 34.1. The number of rotatable bonds is 16. The monoisotopic (exact) mass is 1820 g/mol. The molecule has 14 amide bonds. The predicted molar refractivity (Wildman–Crippen MR) is 464 cm³/mol. The average molecular weight is 1830 g/mol. The van der Waals surface area contributed by atoms with Gasteiger partial charge < -0.3 is 114 Å². The van der Waals surface area contributed by atoms with Crippen molar-refractivity contribution in [1.29, 1.82) is 0 Å². The summed E-state index contributed by atoms with van der Waals surface area (Å²) in [6, 6.07) is -0.120. The molecule has 6 aliphatic rings. The lowest BCUT2D eigenvalue weighted by Crippen LogP contribution is -2.56. The Kier molecular flexibility index (Phi) is 36.0. The molecule has 0 saturated carbocycles. The van der Waals surface area contributed by atoms with Crippen LogP contribution in [0.15, 0.2) is 46.5 Å². The Balaban J connectivity index is 0.000000289. The SMILES string of the molecule is CC[C@H](C)[C@@H]1NC(=O)CNC(=O)[C@H]2CC(=O)[C@@H]([C@@H](C)[C@@H](O)CO)NC(=O)C3C[C@@H](O)CN3C(=O)[C@H](CC(N)=O)CC(=O)[C@H](CSc3[nH]c4cc(OC)ccc4c3C2)NC(=O)CNC1=O.CC[C@H](C)[C@H](C)[C@H]1NC(=O)C2C[C@@H](O)CN2C(=O)[C@H](CC(N)=O)CC(=O)[C@@H]2CSc3[nH]c4cc(OC)ccc4c3C[C@H](CC1=O)C(=O)NCC(=O)N[C@@H]([C@@H](C)CC)C(=O)NCC(=O)N2. The fraction of sp³-hybridized carbons (Fsp3) is 0.605. The number of aromatic nitrogens is 2. The first-order valence-electron chi connectivity index (χ1n) is 43.2. The van der Waals surface area contributed by atoms with Crippen molar-refractivity contribution in [2.45, 2.75) is 216 Å². The molecule has 2 aromatic heterocycles. The van der Waals surface area contributed by atoms with Crippen molar-refractivity contribution in [3.05, 3.63) is 47.5 Å². The third kappa shape index (κ3) is 25.7. The standard InChI is InChI=1S/C44H62N8O11S.C42H58N8O13S/c1-7-21(3)23(5)39-34(55)12-24-11-29-28-10-9-27(63-6)16-30(28)49-43(29)64-20-31(48-36(57)17-47-42(61)38(22(4)8-2)50-37(58)18-46-40(24)59)33(54)13-25(14-35(45)56)44(62)52-19-26(53)15-32(52)41(60)51-39;1-5-19(2)36-40(61)45-14-34(57)46-28-18-64-41-26(25-7-6-24(63-4)13-27(25)47-41)8-21(38(59)44-15-35(58)48-36)9-31(54)37(20(3)32(55)17-51)49-39(60)29-12-23(52)16-50(29)42(62)22(10-30(28)53)11-33(43)56/h9-10,16,21-26,31-32,38-39,49,53H,7-8,11-15,17-20H2,1-6H3,(H2,45,56)(H,46,59)(H,47,61)(H,48,57)(H,50,58)(H,51,60);6-7,13,19-23,28-29,32,36-37,47,51-52,55H,5,8-12,14-18H2,1-4H3,(H2,43,56)(H,44,59)(H,45,61)(H,46,57)(H,48,58)(H,49,60)/t21-,22-,23-,24+,25-,26+,31-,32?,38-,39+;19-,20-,21+,22-,23+,28-,29?,32-,36-,37+/m00/s1. The van der Waals surface area contributed by atoms with Gasteiger partial charge in [-0.25, -0.2) is 0 Å². The van der Waals surface area contributed by atoms with E-state index in [0.717, 1.165) is 33.3 Å². The summed E-state index contributed by atoms with van der Waals surface area (Å²) in [5, 5.41) is 70.7. The molecule has 4 aromatic rings. The Bertz CT molecular complexity index is 4550. The lowest BCUT2D eigenvalue weighted by atomic mass is 9.81. The Morgan fingerprint density at radius 1 is 0.469 bits per heavy atom. The number of ether oxygens (including phenoxy) is 2. The van der Waals surface area contributed by atoms with Gasteiger partial charge in [0.1, 0.15) is 35.7 Å². The van der Waals surface area contributed by atoms with Gasteiger partial charge in [0, 0.05) is 117 Å². The second-order valence-corrected chi connectivity index (χ2v) is 36.2. The molecule has 6 aliphatic heterocycles.